The third kappa shape index (κ3) is 2.94. The van der Waals surface area contributed by atoms with E-state index in [1.54, 1.807) is 12.1 Å². The van der Waals surface area contributed by atoms with E-state index in [0.717, 1.165) is 30.2 Å². The van der Waals surface area contributed by atoms with E-state index < -0.39 is 6.10 Å². The maximum Gasteiger partial charge on any atom is 0.129 e. The van der Waals surface area contributed by atoms with Crippen molar-refractivity contribution >= 4 is 15.9 Å². The van der Waals surface area contributed by atoms with Crippen LogP contribution in [-0.4, -0.2) is 5.11 Å². The van der Waals surface area contributed by atoms with Crippen LogP contribution in [0.4, 0.5) is 4.39 Å². The van der Waals surface area contributed by atoms with Gasteiger partial charge in [0, 0.05) is 10.0 Å². The Morgan fingerprint density at radius 1 is 1.39 bits per heavy atom. The zero-order valence-electron chi connectivity index (χ0n) is 10.7. The molecule has 0 aromatic heterocycles. The number of rotatable bonds is 3. The second-order valence-electron chi connectivity index (χ2n) is 5.23. The van der Waals surface area contributed by atoms with Crippen molar-refractivity contribution in [2.24, 2.45) is 11.8 Å². The molecular weight excluding hydrogens is 295 g/mol. The summed E-state index contributed by atoms with van der Waals surface area (Å²) in [4.78, 5) is 0. The normalized spacial score (nSPS) is 26.0. The van der Waals surface area contributed by atoms with Crippen molar-refractivity contribution in [3.63, 3.8) is 0 Å². The van der Waals surface area contributed by atoms with E-state index >= 15 is 0 Å². The molecule has 0 spiro atoms. The third-order valence-corrected chi connectivity index (χ3v) is 4.67. The zero-order chi connectivity index (χ0) is 13.1. The third-order valence-electron chi connectivity index (χ3n) is 4.17. The van der Waals surface area contributed by atoms with Crippen LogP contribution in [0.3, 0.4) is 0 Å². The number of benzene rings is 1. The lowest BCUT2D eigenvalue weighted by atomic mass is 9.73. The minimum Gasteiger partial charge on any atom is -0.388 e. The quantitative estimate of drug-likeness (QED) is 0.846. The van der Waals surface area contributed by atoms with Crippen molar-refractivity contribution < 1.29 is 9.50 Å². The molecule has 1 aliphatic rings. The molecule has 1 aromatic rings. The average Bonchev–Trinajstić information content (AvgIpc) is 2.40. The summed E-state index contributed by atoms with van der Waals surface area (Å²) in [6.45, 7) is 2.16. The molecule has 0 aliphatic heterocycles. The molecular formula is C15H20BrFO. The Hall–Kier alpha value is -0.410. The summed E-state index contributed by atoms with van der Waals surface area (Å²) in [5.41, 5.74) is 0.440. The first kappa shape index (κ1) is 14.0. The highest BCUT2D eigenvalue weighted by atomic mass is 79.9. The monoisotopic (exact) mass is 314 g/mol. The Bertz CT molecular complexity index is 407. The number of hydrogen-bond donors (Lipinski definition) is 1. The predicted molar refractivity (Wildman–Crippen MR) is 74.8 cm³/mol. The summed E-state index contributed by atoms with van der Waals surface area (Å²) in [7, 11) is 0. The first-order valence-electron chi connectivity index (χ1n) is 6.76. The molecule has 1 nitrogen and oxygen atoms in total. The Labute approximate surface area is 117 Å². The van der Waals surface area contributed by atoms with Gasteiger partial charge in [-0.05, 0) is 36.5 Å². The van der Waals surface area contributed by atoms with Crippen LogP contribution in [0.25, 0.3) is 0 Å². The summed E-state index contributed by atoms with van der Waals surface area (Å²) in [5.74, 6) is 0.422. The van der Waals surface area contributed by atoms with Crippen molar-refractivity contribution in [3.05, 3.63) is 34.1 Å². The number of aliphatic hydroxyl groups excluding tert-OH is 1. The summed E-state index contributed by atoms with van der Waals surface area (Å²) in [6.07, 6.45) is 4.95. The average molecular weight is 315 g/mol. The van der Waals surface area contributed by atoms with Gasteiger partial charge in [0.05, 0.1) is 6.10 Å². The molecule has 0 saturated heterocycles. The molecule has 0 radical (unpaired) electrons. The second kappa shape index (κ2) is 6.16. The van der Waals surface area contributed by atoms with Crippen LogP contribution in [0, 0.1) is 17.7 Å². The van der Waals surface area contributed by atoms with Gasteiger partial charge in [-0.3, -0.25) is 0 Å². The summed E-state index contributed by atoms with van der Waals surface area (Å²) >= 11 is 3.34. The smallest absolute Gasteiger partial charge is 0.129 e. The maximum absolute atomic E-state index is 13.8. The van der Waals surface area contributed by atoms with Gasteiger partial charge in [0.2, 0.25) is 0 Å². The lowest BCUT2D eigenvalue weighted by Gasteiger charge is -2.34. The molecule has 100 valence electrons. The molecule has 0 bridgehead atoms. The molecule has 3 heteroatoms. The van der Waals surface area contributed by atoms with Crippen LogP contribution in [-0.2, 0) is 0 Å². The molecule has 18 heavy (non-hydrogen) atoms. The molecule has 0 heterocycles. The zero-order valence-corrected chi connectivity index (χ0v) is 12.3. The molecule has 1 aromatic carbocycles. The molecule has 1 saturated carbocycles. The van der Waals surface area contributed by atoms with E-state index in [1.807, 2.05) is 0 Å². The van der Waals surface area contributed by atoms with Gasteiger partial charge in [0.15, 0.2) is 0 Å². The summed E-state index contributed by atoms with van der Waals surface area (Å²) < 4.78 is 14.6. The van der Waals surface area contributed by atoms with Gasteiger partial charge in [-0.25, -0.2) is 4.39 Å². The minimum atomic E-state index is -0.673. The van der Waals surface area contributed by atoms with Gasteiger partial charge >= 0.3 is 0 Å². The van der Waals surface area contributed by atoms with Crippen LogP contribution in [0.5, 0.6) is 0 Å². The van der Waals surface area contributed by atoms with Crippen molar-refractivity contribution in [2.45, 2.75) is 45.1 Å². The first-order valence-corrected chi connectivity index (χ1v) is 7.55. The van der Waals surface area contributed by atoms with Crippen LogP contribution in [0.15, 0.2) is 22.7 Å². The van der Waals surface area contributed by atoms with Crippen molar-refractivity contribution in [3.8, 4) is 0 Å². The maximum atomic E-state index is 13.8. The highest BCUT2D eigenvalue weighted by molar-refractivity contribution is 9.10. The van der Waals surface area contributed by atoms with E-state index in [4.69, 9.17) is 0 Å². The number of aliphatic hydroxyl groups is 1. The molecule has 1 fully saturated rings. The van der Waals surface area contributed by atoms with E-state index in [9.17, 15) is 9.50 Å². The van der Waals surface area contributed by atoms with Crippen molar-refractivity contribution in [2.75, 3.05) is 0 Å². The SMILES string of the molecule is CCC1CCCCC1C(O)c1cc(Br)ccc1F. The highest BCUT2D eigenvalue weighted by Gasteiger charge is 2.31. The van der Waals surface area contributed by atoms with Crippen LogP contribution >= 0.6 is 15.9 Å². The Balaban J connectivity index is 2.23. The minimum absolute atomic E-state index is 0.201. The highest BCUT2D eigenvalue weighted by Crippen LogP contribution is 2.41. The lowest BCUT2D eigenvalue weighted by molar-refractivity contribution is 0.0427. The molecule has 3 atom stereocenters. The summed E-state index contributed by atoms with van der Waals surface area (Å²) in [5, 5.41) is 10.5. The van der Waals surface area contributed by atoms with Gasteiger partial charge < -0.3 is 5.11 Å². The van der Waals surface area contributed by atoms with E-state index in [2.05, 4.69) is 22.9 Å². The van der Waals surface area contributed by atoms with E-state index in [1.165, 1.54) is 12.5 Å². The molecule has 1 aliphatic carbocycles. The van der Waals surface area contributed by atoms with Crippen LogP contribution in [0.1, 0.15) is 50.7 Å². The topological polar surface area (TPSA) is 20.2 Å². The molecule has 2 rings (SSSR count). The second-order valence-corrected chi connectivity index (χ2v) is 6.14. The fraction of sp³-hybridized carbons (Fsp3) is 0.600. The molecule has 1 N–H and O–H groups in total. The summed E-state index contributed by atoms with van der Waals surface area (Å²) in [6, 6.07) is 4.80. The van der Waals surface area contributed by atoms with Gasteiger partial charge in [-0.2, -0.15) is 0 Å². The number of hydrogen-bond acceptors (Lipinski definition) is 1. The van der Waals surface area contributed by atoms with Gasteiger partial charge in [-0.1, -0.05) is 48.5 Å². The fourth-order valence-electron chi connectivity index (χ4n) is 3.13. The Kier molecular flexibility index (Phi) is 4.79. The van der Waals surface area contributed by atoms with Crippen LogP contribution < -0.4 is 0 Å². The van der Waals surface area contributed by atoms with Gasteiger partial charge in [0.1, 0.15) is 5.82 Å². The molecule has 0 amide bonds. The van der Waals surface area contributed by atoms with E-state index in [-0.39, 0.29) is 11.7 Å². The van der Waals surface area contributed by atoms with Gasteiger partial charge in [-0.15, -0.1) is 0 Å². The first-order chi connectivity index (χ1) is 8.63. The van der Waals surface area contributed by atoms with Gasteiger partial charge in [0.25, 0.3) is 0 Å². The lowest BCUT2D eigenvalue weighted by Crippen LogP contribution is -2.25. The van der Waals surface area contributed by atoms with Crippen molar-refractivity contribution in [1.29, 1.82) is 0 Å². The fourth-order valence-corrected chi connectivity index (χ4v) is 3.51. The number of halogens is 2. The predicted octanol–water partition coefficient (Wildman–Crippen LogP) is 4.84. The standard InChI is InChI=1S/C15H20BrFO/c1-2-10-5-3-4-6-12(10)15(18)13-9-11(16)7-8-14(13)17/h7-10,12,15,18H,2-6H2,1H3. The Morgan fingerprint density at radius 3 is 2.83 bits per heavy atom. The van der Waals surface area contributed by atoms with Crippen LogP contribution in [0.2, 0.25) is 0 Å². The molecule has 3 unspecified atom stereocenters. The van der Waals surface area contributed by atoms with Crippen molar-refractivity contribution in [1.82, 2.24) is 0 Å². The van der Waals surface area contributed by atoms with E-state index in [0.29, 0.717) is 11.5 Å². The largest absolute Gasteiger partial charge is 0.388 e. The Morgan fingerprint density at radius 2 is 2.11 bits per heavy atom.